The Morgan fingerprint density at radius 1 is 1.08 bits per heavy atom. The molecule has 1 saturated heterocycles. The standard InChI is InChI=1S/C20H24N2O3S/c1-15-10-12-22(13-11-15)26(24,25)18-8-9-19(16(2)14-18)21-20(23)17-6-4-3-5-7-17/h3-9,14-15H,10-13H2,1-2H3,(H,21,23). The molecule has 2 aromatic rings. The van der Waals surface area contributed by atoms with Gasteiger partial charge in [-0.2, -0.15) is 4.31 Å². The number of hydrogen-bond acceptors (Lipinski definition) is 3. The van der Waals surface area contributed by atoms with Gasteiger partial charge in [0.05, 0.1) is 4.90 Å². The van der Waals surface area contributed by atoms with E-state index in [-0.39, 0.29) is 10.8 Å². The van der Waals surface area contributed by atoms with E-state index in [9.17, 15) is 13.2 Å². The van der Waals surface area contributed by atoms with E-state index in [1.165, 1.54) is 0 Å². The van der Waals surface area contributed by atoms with Gasteiger partial charge in [-0.05, 0) is 61.6 Å². The fraction of sp³-hybridized carbons (Fsp3) is 0.350. The van der Waals surface area contributed by atoms with Crippen LogP contribution >= 0.6 is 0 Å². The van der Waals surface area contributed by atoms with Crippen molar-refractivity contribution < 1.29 is 13.2 Å². The normalized spacial score (nSPS) is 16.4. The molecule has 0 spiro atoms. The summed E-state index contributed by atoms with van der Waals surface area (Å²) in [7, 11) is -3.48. The molecule has 1 aliphatic rings. The van der Waals surface area contributed by atoms with Crippen molar-refractivity contribution in [2.45, 2.75) is 31.6 Å². The third-order valence-corrected chi connectivity index (χ3v) is 6.76. The third-order valence-electron chi connectivity index (χ3n) is 4.86. The van der Waals surface area contributed by atoms with E-state index in [4.69, 9.17) is 0 Å². The molecular weight excluding hydrogens is 348 g/mol. The molecule has 1 N–H and O–H groups in total. The molecule has 0 aromatic heterocycles. The van der Waals surface area contributed by atoms with Crippen molar-refractivity contribution in [3.63, 3.8) is 0 Å². The molecule has 0 atom stereocenters. The van der Waals surface area contributed by atoms with Crippen LogP contribution in [-0.4, -0.2) is 31.7 Å². The van der Waals surface area contributed by atoms with Gasteiger partial charge in [0.2, 0.25) is 10.0 Å². The molecule has 3 rings (SSSR count). The molecule has 0 radical (unpaired) electrons. The van der Waals surface area contributed by atoms with Crippen molar-refractivity contribution >= 4 is 21.6 Å². The Morgan fingerprint density at radius 2 is 1.73 bits per heavy atom. The van der Waals surface area contributed by atoms with Gasteiger partial charge in [0.15, 0.2) is 0 Å². The van der Waals surface area contributed by atoms with E-state index < -0.39 is 10.0 Å². The zero-order valence-electron chi connectivity index (χ0n) is 15.1. The number of carbonyl (C=O) groups excluding carboxylic acids is 1. The Balaban J connectivity index is 1.78. The van der Waals surface area contributed by atoms with E-state index in [2.05, 4.69) is 12.2 Å². The fourth-order valence-electron chi connectivity index (χ4n) is 3.10. The smallest absolute Gasteiger partial charge is 0.255 e. The summed E-state index contributed by atoms with van der Waals surface area (Å²) in [5.41, 5.74) is 1.90. The summed E-state index contributed by atoms with van der Waals surface area (Å²) in [4.78, 5) is 12.6. The quantitative estimate of drug-likeness (QED) is 0.890. The Morgan fingerprint density at radius 3 is 2.35 bits per heavy atom. The van der Waals surface area contributed by atoms with Gasteiger partial charge < -0.3 is 5.32 Å². The predicted octanol–water partition coefficient (Wildman–Crippen LogP) is 3.67. The van der Waals surface area contributed by atoms with Gasteiger partial charge >= 0.3 is 0 Å². The van der Waals surface area contributed by atoms with Crippen LogP contribution in [0, 0.1) is 12.8 Å². The Bertz CT molecular complexity index is 887. The van der Waals surface area contributed by atoms with Crippen LogP contribution in [0.3, 0.4) is 0 Å². The Labute approximate surface area is 155 Å². The maximum absolute atomic E-state index is 12.8. The number of rotatable bonds is 4. The van der Waals surface area contributed by atoms with E-state index >= 15 is 0 Å². The topological polar surface area (TPSA) is 66.5 Å². The molecule has 5 nitrogen and oxygen atoms in total. The number of nitrogens with one attached hydrogen (secondary N) is 1. The summed E-state index contributed by atoms with van der Waals surface area (Å²) >= 11 is 0. The van der Waals surface area contributed by atoms with Crippen molar-refractivity contribution in [3.8, 4) is 0 Å². The minimum Gasteiger partial charge on any atom is -0.322 e. The maximum Gasteiger partial charge on any atom is 0.255 e. The van der Waals surface area contributed by atoms with E-state index in [0.717, 1.165) is 18.4 Å². The molecular formula is C20H24N2O3S. The molecule has 0 bridgehead atoms. The van der Waals surface area contributed by atoms with E-state index in [0.29, 0.717) is 30.3 Å². The Kier molecular flexibility index (Phi) is 5.44. The molecule has 26 heavy (non-hydrogen) atoms. The summed E-state index contributed by atoms with van der Waals surface area (Å²) in [5.74, 6) is 0.355. The minimum absolute atomic E-state index is 0.214. The lowest BCUT2D eigenvalue weighted by molar-refractivity contribution is 0.102. The van der Waals surface area contributed by atoms with Crippen molar-refractivity contribution in [2.24, 2.45) is 5.92 Å². The highest BCUT2D eigenvalue weighted by molar-refractivity contribution is 7.89. The molecule has 1 fully saturated rings. The SMILES string of the molecule is Cc1cc(S(=O)(=O)N2CCC(C)CC2)ccc1NC(=O)c1ccccc1. The average Bonchev–Trinajstić information content (AvgIpc) is 2.64. The summed E-state index contributed by atoms with van der Waals surface area (Å²) in [6, 6.07) is 13.8. The number of sulfonamides is 1. The average molecular weight is 372 g/mol. The zero-order valence-corrected chi connectivity index (χ0v) is 15.9. The lowest BCUT2D eigenvalue weighted by Crippen LogP contribution is -2.37. The summed E-state index contributed by atoms with van der Waals surface area (Å²) < 4.78 is 27.2. The van der Waals surface area contributed by atoms with Crippen LogP contribution in [0.25, 0.3) is 0 Å². The maximum atomic E-state index is 12.8. The number of nitrogens with zero attached hydrogens (tertiary/aromatic N) is 1. The molecule has 2 aromatic carbocycles. The first-order chi connectivity index (χ1) is 12.4. The zero-order chi connectivity index (χ0) is 18.7. The van der Waals surface area contributed by atoms with Crippen molar-refractivity contribution in [2.75, 3.05) is 18.4 Å². The van der Waals surface area contributed by atoms with Crippen LogP contribution in [0.5, 0.6) is 0 Å². The number of anilines is 1. The molecule has 6 heteroatoms. The van der Waals surface area contributed by atoms with Gasteiger partial charge in [-0.25, -0.2) is 8.42 Å². The Hall–Kier alpha value is -2.18. The number of amides is 1. The molecule has 1 heterocycles. The molecule has 0 unspecified atom stereocenters. The van der Waals surface area contributed by atoms with Crippen LogP contribution in [0.1, 0.15) is 35.7 Å². The highest BCUT2D eigenvalue weighted by Crippen LogP contribution is 2.26. The molecule has 1 aliphatic heterocycles. The fourth-order valence-corrected chi connectivity index (χ4v) is 4.65. The molecule has 138 valence electrons. The summed E-state index contributed by atoms with van der Waals surface area (Å²) in [6.07, 6.45) is 1.78. The van der Waals surface area contributed by atoms with E-state index in [1.54, 1.807) is 53.7 Å². The lowest BCUT2D eigenvalue weighted by atomic mass is 10.0. The number of carbonyl (C=O) groups is 1. The second-order valence-electron chi connectivity index (χ2n) is 6.88. The van der Waals surface area contributed by atoms with Crippen molar-refractivity contribution in [3.05, 3.63) is 59.7 Å². The molecule has 0 aliphatic carbocycles. The summed E-state index contributed by atoms with van der Waals surface area (Å²) in [5, 5.41) is 2.84. The lowest BCUT2D eigenvalue weighted by Gasteiger charge is -2.29. The van der Waals surface area contributed by atoms with Gasteiger partial charge in [-0.15, -0.1) is 0 Å². The predicted molar refractivity (Wildman–Crippen MR) is 103 cm³/mol. The summed E-state index contributed by atoms with van der Waals surface area (Å²) in [6.45, 7) is 5.08. The van der Waals surface area contributed by atoms with Gasteiger partial charge in [0.1, 0.15) is 0 Å². The van der Waals surface area contributed by atoms with Crippen molar-refractivity contribution in [1.82, 2.24) is 4.31 Å². The van der Waals surface area contributed by atoms with Gasteiger partial charge in [-0.3, -0.25) is 4.79 Å². The number of aryl methyl sites for hydroxylation is 1. The number of benzene rings is 2. The van der Waals surface area contributed by atoms with Gasteiger partial charge in [0, 0.05) is 24.3 Å². The first kappa shape index (κ1) is 18.6. The number of hydrogen-bond donors (Lipinski definition) is 1. The van der Waals surface area contributed by atoms with Crippen molar-refractivity contribution in [1.29, 1.82) is 0 Å². The third kappa shape index (κ3) is 3.97. The highest BCUT2D eigenvalue weighted by atomic mass is 32.2. The highest BCUT2D eigenvalue weighted by Gasteiger charge is 2.28. The second-order valence-corrected chi connectivity index (χ2v) is 8.82. The van der Waals surface area contributed by atoms with Gasteiger partial charge in [-0.1, -0.05) is 25.1 Å². The first-order valence-electron chi connectivity index (χ1n) is 8.85. The minimum atomic E-state index is -3.48. The van der Waals surface area contributed by atoms with Crippen LogP contribution in [-0.2, 0) is 10.0 Å². The molecule has 0 saturated carbocycles. The van der Waals surface area contributed by atoms with Crippen LogP contribution in [0.4, 0.5) is 5.69 Å². The largest absolute Gasteiger partial charge is 0.322 e. The van der Waals surface area contributed by atoms with E-state index in [1.807, 2.05) is 6.07 Å². The van der Waals surface area contributed by atoms with Crippen LogP contribution in [0.2, 0.25) is 0 Å². The molecule has 1 amide bonds. The number of piperidine rings is 1. The second kappa shape index (κ2) is 7.60. The van der Waals surface area contributed by atoms with Crippen LogP contribution < -0.4 is 5.32 Å². The van der Waals surface area contributed by atoms with Crippen LogP contribution in [0.15, 0.2) is 53.4 Å². The monoisotopic (exact) mass is 372 g/mol. The van der Waals surface area contributed by atoms with Gasteiger partial charge in [0.25, 0.3) is 5.91 Å². The first-order valence-corrected chi connectivity index (χ1v) is 10.3.